The van der Waals surface area contributed by atoms with E-state index in [0.29, 0.717) is 26.3 Å². The third kappa shape index (κ3) is 3.38. The number of nitrogens with zero attached hydrogens (tertiary/aromatic N) is 1. The van der Waals surface area contributed by atoms with Gasteiger partial charge in [0.05, 0.1) is 26.9 Å². The second-order valence-corrected chi connectivity index (χ2v) is 4.28. The van der Waals surface area contributed by atoms with Crippen molar-refractivity contribution in [3.63, 3.8) is 0 Å². The topological polar surface area (TPSA) is 48.0 Å². The number of amides is 1. The molecule has 1 fully saturated rings. The van der Waals surface area contributed by atoms with E-state index in [4.69, 9.17) is 14.2 Å². The Balaban J connectivity index is 2.01. The van der Waals surface area contributed by atoms with Crippen molar-refractivity contribution in [2.75, 3.05) is 33.4 Å². The highest BCUT2D eigenvalue weighted by Gasteiger charge is 2.26. The molecule has 0 bridgehead atoms. The van der Waals surface area contributed by atoms with Gasteiger partial charge in [0.2, 0.25) is 0 Å². The lowest BCUT2D eigenvalue weighted by atomic mass is 10.1. The molecule has 1 unspecified atom stereocenters. The van der Waals surface area contributed by atoms with Gasteiger partial charge in [0.1, 0.15) is 11.9 Å². The number of methoxy groups -OCH3 is 1. The summed E-state index contributed by atoms with van der Waals surface area (Å²) in [5, 5.41) is 0. The maximum absolute atomic E-state index is 11.7. The predicted molar refractivity (Wildman–Crippen MR) is 70.3 cm³/mol. The number of ether oxygens (including phenoxy) is 3. The van der Waals surface area contributed by atoms with Crippen LogP contribution in [0.2, 0.25) is 0 Å². The number of carbonyl (C=O) groups is 1. The predicted octanol–water partition coefficient (Wildman–Crippen LogP) is 2.22. The summed E-state index contributed by atoms with van der Waals surface area (Å²) in [4.78, 5) is 13.4. The maximum atomic E-state index is 11.7. The zero-order valence-electron chi connectivity index (χ0n) is 11.3. The molecule has 2 rings (SSSR count). The van der Waals surface area contributed by atoms with Gasteiger partial charge in [-0.05, 0) is 24.6 Å². The molecule has 1 aliphatic heterocycles. The number of carbonyl (C=O) groups excluding carboxylic acids is 1. The molecule has 1 amide bonds. The average Bonchev–Trinajstić information content (AvgIpc) is 2.48. The summed E-state index contributed by atoms with van der Waals surface area (Å²) < 4.78 is 15.8. The third-order valence-corrected chi connectivity index (χ3v) is 3.08. The van der Waals surface area contributed by atoms with E-state index in [1.807, 2.05) is 24.3 Å². The van der Waals surface area contributed by atoms with Crippen LogP contribution in [0, 0.1) is 0 Å². The van der Waals surface area contributed by atoms with Gasteiger partial charge in [0, 0.05) is 6.54 Å². The fourth-order valence-corrected chi connectivity index (χ4v) is 2.05. The molecule has 0 aromatic heterocycles. The third-order valence-electron chi connectivity index (χ3n) is 3.08. The molecule has 1 atom stereocenters. The van der Waals surface area contributed by atoms with Crippen LogP contribution in [0.25, 0.3) is 0 Å². The molecule has 1 aromatic rings. The highest BCUT2D eigenvalue weighted by Crippen LogP contribution is 2.24. The van der Waals surface area contributed by atoms with Crippen molar-refractivity contribution < 1.29 is 19.0 Å². The van der Waals surface area contributed by atoms with E-state index in [1.54, 1.807) is 18.9 Å². The van der Waals surface area contributed by atoms with E-state index >= 15 is 0 Å². The second-order valence-electron chi connectivity index (χ2n) is 4.28. The summed E-state index contributed by atoms with van der Waals surface area (Å²) in [5.41, 5.74) is 1.04. The summed E-state index contributed by atoms with van der Waals surface area (Å²) in [6.07, 6.45) is -0.381. The molecular weight excluding hydrogens is 246 g/mol. The summed E-state index contributed by atoms with van der Waals surface area (Å²) in [6, 6.07) is 7.69. The molecule has 104 valence electrons. The van der Waals surface area contributed by atoms with Crippen LogP contribution in [-0.2, 0) is 9.47 Å². The Morgan fingerprint density at radius 3 is 2.79 bits per heavy atom. The molecule has 1 heterocycles. The molecule has 5 heteroatoms. The minimum atomic E-state index is -0.274. The average molecular weight is 265 g/mol. The quantitative estimate of drug-likeness (QED) is 0.841. The van der Waals surface area contributed by atoms with Crippen molar-refractivity contribution in [1.29, 1.82) is 0 Å². The first kappa shape index (κ1) is 13.7. The van der Waals surface area contributed by atoms with Gasteiger partial charge in [-0.3, -0.25) is 0 Å². The lowest BCUT2D eigenvalue weighted by molar-refractivity contribution is -0.0279. The van der Waals surface area contributed by atoms with Crippen molar-refractivity contribution >= 4 is 6.09 Å². The molecule has 0 radical (unpaired) electrons. The number of rotatable bonds is 3. The van der Waals surface area contributed by atoms with Crippen LogP contribution in [-0.4, -0.2) is 44.4 Å². The van der Waals surface area contributed by atoms with Gasteiger partial charge in [0.25, 0.3) is 0 Å². The first-order valence-electron chi connectivity index (χ1n) is 6.42. The number of hydrogen-bond donors (Lipinski definition) is 0. The Morgan fingerprint density at radius 2 is 2.16 bits per heavy atom. The van der Waals surface area contributed by atoms with Crippen LogP contribution >= 0.6 is 0 Å². The first-order chi connectivity index (χ1) is 9.24. The van der Waals surface area contributed by atoms with Crippen molar-refractivity contribution in [2.45, 2.75) is 13.0 Å². The van der Waals surface area contributed by atoms with Crippen LogP contribution in [0.4, 0.5) is 4.79 Å². The van der Waals surface area contributed by atoms with Crippen molar-refractivity contribution in [1.82, 2.24) is 4.90 Å². The smallest absolute Gasteiger partial charge is 0.409 e. The molecule has 0 saturated carbocycles. The lowest BCUT2D eigenvalue weighted by Crippen LogP contribution is -2.42. The van der Waals surface area contributed by atoms with Crippen LogP contribution in [0.5, 0.6) is 5.75 Å². The molecule has 0 N–H and O–H groups in total. The SMILES string of the molecule is CCOC(=O)N1CCOC(c2ccc(OC)cc2)C1. The Kier molecular flexibility index (Phi) is 4.63. The molecule has 19 heavy (non-hydrogen) atoms. The van der Waals surface area contributed by atoms with Gasteiger partial charge in [-0.15, -0.1) is 0 Å². The molecule has 1 saturated heterocycles. The van der Waals surface area contributed by atoms with E-state index in [-0.39, 0.29) is 12.2 Å². The molecule has 1 aromatic carbocycles. The summed E-state index contributed by atoms with van der Waals surface area (Å²) >= 11 is 0. The van der Waals surface area contributed by atoms with Crippen LogP contribution in [0.1, 0.15) is 18.6 Å². The van der Waals surface area contributed by atoms with Gasteiger partial charge in [-0.25, -0.2) is 4.79 Å². The van der Waals surface area contributed by atoms with E-state index in [0.717, 1.165) is 11.3 Å². The minimum absolute atomic E-state index is 0.107. The second kappa shape index (κ2) is 6.43. The molecule has 0 aliphatic carbocycles. The fourth-order valence-electron chi connectivity index (χ4n) is 2.05. The monoisotopic (exact) mass is 265 g/mol. The molecule has 5 nitrogen and oxygen atoms in total. The van der Waals surface area contributed by atoms with Gasteiger partial charge in [-0.2, -0.15) is 0 Å². The molecule has 0 spiro atoms. The van der Waals surface area contributed by atoms with Crippen LogP contribution < -0.4 is 4.74 Å². The van der Waals surface area contributed by atoms with Crippen molar-refractivity contribution in [3.8, 4) is 5.75 Å². The molecule has 1 aliphatic rings. The zero-order valence-corrected chi connectivity index (χ0v) is 11.3. The summed E-state index contributed by atoms with van der Waals surface area (Å²) in [5.74, 6) is 0.807. The first-order valence-corrected chi connectivity index (χ1v) is 6.42. The molecular formula is C14H19NO4. The van der Waals surface area contributed by atoms with Gasteiger partial charge in [-0.1, -0.05) is 12.1 Å². The number of morpholine rings is 1. The van der Waals surface area contributed by atoms with E-state index in [1.165, 1.54) is 0 Å². The van der Waals surface area contributed by atoms with E-state index in [2.05, 4.69) is 0 Å². The Hall–Kier alpha value is -1.75. The van der Waals surface area contributed by atoms with Crippen LogP contribution in [0.3, 0.4) is 0 Å². The van der Waals surface area contributed by atoms with Crippen molar-refractivity contribution in [2.24, 2.45) is 0 Å². The zero-order chi connectivity index (χ0) is 13.7. The van der Waals surface area contributed by atoms with Gasteiger partial charge < -0.3 is 19.1 Å². The van der Waals surface area contributed by atoms with Crippen molar-refractivity contribution in [3.05, 3.63) is 29.8 Å². The van der Waals surface area contributed by atoms with Gasteiger partial charge in [0.15, 0.2) is 0 Å². The lowest BCUT2D eigenvalue weighted by Gasteiger charge is -2.32. The maximum Gasteiger partial charge on any atom is 0.409 e. The largest absolute Gasteiger partial charge is 0.497 e. The van der Waals surface area contributed by atoms with E-state index in [9.17, 15) is 4.79 Å². The Labute approximate surface area is 113 Å². The normalized spacial score (nSPS) is 19.1. The fraction of sp³-hybridized carbons (Fsp3) is 0.500. The van der Waals surface area contributed by atoms with Gasteiger partial charge >= 0.3 is 6.09 Å². The highest BCUT2D eigenvalue weighted by molar-refractivity contribution is 5.67. The number of hydrogen-bond acceptors (Lipinski definition) is 4. The number of benzene rings is 1. The summed E-state index contributed by atoms with van der Waals surface area (Å²) in [7, 11) is 1.63. The Morgan fingerprint density at radius 1 is 1.42 bits per heavy atom. The van der Waals surface area contributed by atoms with E-state index < -0.39 is 0 Å². The Bertz CT molecular complexity index is 418. The van der Waals surface area contributed by atoms with Crippen LogP contribution in [0.15, 0.2) is 24.3 Å². The summed E-state index contributed by atoms with van der Waals surface area (Å²) in [6.45, 7) is 3.81. The standard InChI is InChI=1S/C14H19NO4/c1-3-18-14(16)15-8-9-19-13(10-15)11-4-6-12(17-2)7-5-11/h4-7,13H,3,8-10H2,1-2H3. The highest BCUT2D eigenvalue weighted by atomic mass is 16.6. The minimum Gasteiger partial charge on any atom is -0.497 e.